The maximum Gasteiger partial charge on any atom is 0.272 e. The average Bonchev–Trinajstić information content (AvgIpc) is 3.35. The van der Waals surface area contributed by atoms with Crippen molar-refractivity contribution in [3.05, 3.63) is 112 Å². The first-order valence-corrected chi connectivity index (χ1v) is 12.7. The lowest BCUT2D eigenvalue weighted by Gasteiger charge is -2.34. The zero-order valence-electron chi connectivity index (χ0n) is 19.7. The monoisotopic (exact) mass is 516 g/mol. The van der Waals surface area contributed by atoms with Crippen molar-refractivity contribution in [1.82, 2.24) is 19.6 Å². The number of para-hydroxylation sites is 1. The summed E-state index contributed by atoms with van der Waals surface area (Å²) in [5.41, 5.74) is 3.72. The first kappa shape index (κ1) is 24.3. The van der Waals surface area contributed by atoms with Crippen LogP contribution in [-0.2, 0) is 0 Å². The van der Waals surface area contributed by atoms with Gasteiger partial charge in [-0.2, -0.15) is 5.10 Å². The fourth-order valence-electron chi connectivity index (χ4n) is 4.34. The molecule has 0 aliphatic carbocycles. The first-order chi connectivity index (χ1) is 17.6. The van der Waals surface area contributed by atoms with Crippen LogP contribution in [0.4, 0.5) is 0 Å². The van der Waals surface area contributed by atoms with E-state index in [9.17, 15) is 4.79 Å². The molecule has 4 aromatic rings. The lowest BCUT2D eigenvalue weighted by molar-refractivity contribution is 0.0641. The van der Waals surface area contributed by atoms with E-state index in [-0.39, 0.29) is 5.91 Å². The number of aromatic nitrogens is 2. The molecule has 0 saturated carbocycles. The van der Waals surface area contributed by atoms with Crippen LogP contribution in [-0.4, -0.2) is 58.2 Å². The van der Waals surface area contributed by atoms with Gasteiger partial charge in [0.1, 0.15) is 5.69 Å². The summed E-state index contributed by atoms with van der Waals surface area (Å²) in [4.78, 5) is 17.9. The minimum absolute atomic E-state index is 0.0693. The fourth-order valence-corrected chi connectivity index (χ4v) is 4.79. The summed E-state index contributed by atoms with van der Waals surface area (Å²) in [7, 11) is 0. The fraction of sp³-hybridized carbons (Fsp3) is 0.172. The van der Waals surface area contributed by atoms with E-state index in [1.165, 1.54) is 5.56 Å². The number of carbonyl (C=O) groups excluding carboxylic acids is 1. The van der Waals surface area contributed by atoms with Gasteiger partial charge in [-0.15, -0.1) is 0 Å². The molecule has 2 heterocycles. The van der Waals surface area contributed by atoms with Crippen molar-refractivity contribution in [2.75, 3.05) is 32.7 Å². The van der Waals surface area contributed by atoms with Crippen LogP contribution in [0.3, 0.4) is 0 Å². The van der Waals surface area contributed by atoms with Gasteiger partial charge in [0.05, 0.1) is 21.4 Å². The standard InChI is InChI=1S/C29H26Cl2N4O/c30-24-13-5-4-12-23(24)26-21-28(35(32-26)27-15-7-6-14-25(27)31)29(36)34-19-17-33(18-20-34)16-8-11-22-9-2-1-3-10-22/h1-15,21H,16-20H2/b11-8+. The topological polar surface area (TPSA) is 41.4 Å². The second-order valence-electron chi connectivity index (χ2n) is 8.66. The van der Waals surface area contributed by atoms with E-state index >= 15 is 0 Å². The molecule has 0 N–H and O–H groups in total. The third-order valence-corrected chi connectivity index (χ3v) is 6.94. The van der Waals surface area contributed by atoms with E-state index in [2.05, 4.69) is 29.2 Å². The van der Waals surface area contributed by atoms with Crippen molar-refractivity contribution >= 4 is 35.2 Å². The number of halogens is 2. The van der Waals surface area contributed by atoms with Gasteiger partial charge in [-0.05, 0) is 29.8 Å². The Kier molecular flexibility index (Phi) is 7.52. The number of nitrogens with zero attached hydrogens (tertiary/aromatic N) is 4. The zero-order valence-corrected chi connectivity index (χ0v) is 21.2. The lowest BCUT2D eigenvalue weighted by Crippen LogP contribution is -2.49. The molecule has 0 atom stereocenters. The van der Waals surface area contributed by atoms with E-state index in [0.29, 0.717) is 40.2 Å². The van der Waals surface area contributed by atoms with Gasteiger partial charge in [-0.25, -0.2) is 4.68 Å². The van der Waals surface area contributed by atoms with Crippen molar-refractivity contribution in [3.8, 4) is 16.9 Å². The highest BCUT2D eigenvalue weighted by molar-refractivity contribution is 6.33. The summed E-state index contributed by atoms with van der Waals surface area (Å²) in [6, 6.07) is 27.0. The van der Waals surface area contributed by atoms with Crippen LogP contribution >= 0.6 is 23.2 Å². The molecule has 1 fully saturated rings. The van der Waals surface area contributed by atoms with Crippen LogP contribution in [0.2, 0.25) is 10.0 Å². The lowest BCUT2D eigenvalue weighted by atomic mass is 10.1. The van der Waals surface area contributed by atoms with Gasteiger partial charge in [0.15, 0.2) is 0 Å². The second kappa shape index (κ2) is 11.1. The Morgan fingerprint density at radius 1 is 0.833 bits per heavy atom. The van der Waals surface area contributed by atoms with Gasteiger partial charge in [0, 0.05) is 38.3 Å². The molecule has 1 aliphatic heterocycles. The van der Waals surface area contributed by atoms with Gasteiger partial charge in [-0.3, -0.25) is 9.69 Å². The molecule has 5 nitrogen and oxygen atoms in total. The van der Waals surface area contributed by atoms with Gasteiger partial charge in [0.2, 0.25) is 0 Å². The van der Waals surface area contributed by atoms with Crippen molar-refractivity contribution in [2.45, 2.75) is 0 Å². The Balaban J connectivity index is 1.34. The predicted molar refractivity (Wildman–Crippen MR) is 147 cm³/mol. The highest BCUT2D eigenvalue weighted by Crippen LogP contribution is 2.30. The van der Waals surface area contributed by atoms with E-state index < -0.39 is 0 Å². The summed E-state index contributed by atoms with van der Waals surface area (Å²) < 4.78 is 1.64. The van der Waals surface area contributed by atoms with Crippen molar-refractivity contribution in [2.24, 2.45) is 0 Å². The molecular formula is C29H26Cl2N4O. The number of benzene rings is 3. The molecular weight excluding hydrogens is 491 g/mol. The molecule has 0 radical (unpaired) electrons. The molecule has 0 spiro atoms. The Hall–Kier alpha value is -3.38. The van der Waals surface area contributed by atoms with Crippen molar-refractivity contribution in [1.29, 1.82) is 0 Å². The Bertz CT molecular complexity index is 1380. The van der Waals surface area contributed by atoms with Crippen LogP contribution in [0, 0.1) is 0 Å². The summed E-state index contributed by atoms with van der Waals surface area (Å²) >= 11 is 12.9. The number of rotatable bonds is 6. The molecule has 0 unspecified atom stereocenters. The number of hydrogen-bond donors (Lipinski definition) is 0. The van der Waals surface area contributed by atoms with Crippen LogP contribution in [0.25, 0.3) is 23.0 Å². The average molecular weight is 517 g/mol. The number of hydrogen-bond acceptors (Lipinski definition) is 3. The van der Waals surface area contributed by atoms with Crippen LogP contribution in [0.5, 0.6) is 0 Å². The van der Waals surface area contributed by atoms with Gasteiger partial charge in [-0.1, -0.05) is 96.0 Å². The molecule has 3 aromatic carbocycles. The van der Waals surface area contributed by atoms with Crippen LogP contribution in [0.1, 0.15) is 16.1 Å². The molecule has 5 rings (SSSR count). The second-order valence-corrected chi connectivity index (χ2v) is 9.48. The summed E-state index contributed by atoms with van der Waals surface area (Å²) in [6.45, 7) is 3.76. The summed E-state index contributed by atoms with van der Waals surface area (Å²) in [5, 5.41) is 5.86. The van der Waals surface area contributed by atoms with Crippen molar-refractivity contribution in [3.63, 3.8) is 0 Å². The predicted octanol–water partition coefficient (Wildman–Crippen LogP) is 6.32. The van der Waals surface area contributed by atoms with Gasteiger partial charge in [0.25, 0.3) is 5.91 Å². The molecule has 1 aromatic heterocycles. The van der Waals surface area contributed by atoms with Crippen molar-refractivity contribution < 1.29 is 4.79 Å². The number of piperazine rings is 1. The molecule has 1 saturated heterocycles. The quantitative estimate of drug-likeness (QED) is 0.301. The Labute approximate surface area is 221 Å². The number of amides is 1. The Morgan fingerprint density at radius 2 is 1.50 bits per heavy atom. The molecule has 1 amide bonds. The first-order valence-electron chi connectivity index (χ1n) is 11.9. The van der Waals surface area contributed by atoms with Gasteiger partial charge >= 0.3 is 0 Å². The largest absolute Gasteiger partial charge is 0.335 e. The SMILES string of the molecule is O=C(c1cc(-c2ccccc2Cl)nn1-c1ccccc1Cl)N1CCN(C/C=C/c2ccccc2)CC1. The van der Waals surface area contributed by atoms with E-state index in [1.807, 2.05) is 71.6 Å². The summed E-state index contributed by atoms with van der Waals surface area (Å²) in [6.07, 6.45) is 4.31. The van der Waals surface area contributed by atoms with E-state index in [0.717, 1.165) is 25.2 Å². The maximum atomic E-state index is 13.7. The van der Waals surface area contributed by atoms with E-state index in [4.69, 9.17) is 28.3 Å². The molecule has 1 aliphatic rings. The third-order valence-electron chi connectivity index (χ3n) is 6.29. The highest BCUT2D eigenvalue weighted by atomic mass is 35.5. The maximum absolute atomic E-state index is 13.7. The third kappa shape index (κ3) is 5.39. The van der Waals surface area contributed by atoms with Gasteiger partial charge < -0.3 is 4.90 Å². The molecule has 0 bridgehead atoms. The molecule has 7 heteroatoms. The molecule has 36 heavy (non-hydrogen) atoms. The highest BCUT2D eigenvalue weighted by Gasteiger charge is 2.27. The van der Waals surface area contributed by atoms with Crippen LogP contribution in [0.15, 0.2) is 91.0 Å². The normalized spacial score (nSPS) is 14.4. The van der Waals surface area contributed by atoms with Crippen LogP contribution < -0.4 is 0 Å². The summed E-state index contributed by atoms with van der Waals surface area (Å²) in [5.74, 6) is -0.0693. The zero-order chi connectivity index (χ0) is 24.9. The Morgan fingerprint density at radius 3 is 2.22 bits per heavy atom. The number of carbonyl (C=O) groups is 1. The minimum atomic E-state index is -0.0693. The molecule has 182 valence electrons. The smallest absolute Gasteiger partial charge is 0.272 e. The van der Waals surface area contributed by atoms with E-state index in [1.54, 1.807) is 10.7 Å². The minimum Gasteiger partial charge on any atom is -0.335 e.